The number of carbonyl (C=O) groups is 1. The highest BCUT2D eigenvalue weighted by atomic mass is 32.1. The van der Waals surface area contributed by atoms with E-state index in [0.29, 0.717) is 11.6 Å². The van der Waals surface area contributed by atoms with E-state index in [0.717, 1.165) is 21.7 Å². The van der Waals surface area contributed by atoms with E-state index in [1.54, 1.807) is 10.7 Å². The monoisotopic (exact) mass is 317 g/mol. The molecule has 8 heteroatoms. The molecule has 0 bridgehead atoms. The van der Waals surface area contributed by atoms with Gasteiger partial charge in [-0.15, -0.1) is 11.3 Å². The number of fused-ring (bicyclic) bond motifs is 1. The summed E-state index contributed by atoms with van der Waals surface area (Å²) >= 11 is 1.32. The minimum absolute atomic E-state index is 0.261. The Kier molecular flexibility index (Phi) is 4.14. The van der Waals surface area contributed by atoms with Crippen LogP contribution in [0, 0.1) is 6.92 Å². The van der Waals surface area contributed by atoms with Crippen molar-refractivity contribution in [3.63, 3.8) is 0 Å². The van der Waals surface area contributed by atoms with Gasteiger partial charge in [0.1, 0.15) is 0 Å². The molecule has 3 aromatic heterocycles. The van der Waals surface area contributed by atoms with Crippen LogP contribution >= 0.6 is 11.3 Å². The summed E-state index contributed by atoms with van der Waals surface area (Å²) < 4.78 is 1.78. The summed E-state index contributed by atoms with van der Waals surface area (Å²) in [6.45, 7) is 2.53. The second kappa shape index (κ2) is 6.22. The van der Waals surface area contributed by atoms with Crippen LogP contribution in [-0.2, 0) is 4.84 Å². The topological polar surface area (TPSA) is 94.5 Å². The lowest BCUT2D eigenvalue weighted by Crippen LogP contribution is -2.26. The summed E-state index contributed by atoms with van der Waals surface area (Å²) in [6, 6.07) is 5.81. The van der Waals surface area contributed by atoms with Gasteiger partial charge in [-0.3, -0.25) is 9.63 Å². The lowest BCUT2D eigenvalue weighted by Gasteiger charge is -2.01. The van der Waals surface area contributed by atoms with Gasteiger partial charge in [0.15, 0.2) is 5.01 Å². The number of hydrogen-bond donors (Lipinski definition) is 2. The van der Waals surface area contributed by atoms with Crippen LogP contribution in [0.2, 0.25) is 0 Å². The van der Waals surface area contributed by atoms with Gasteiger partial charge in [-0.1, -0.05) is 6.07 Å². The van der Waals surface area contributed by atoms with Crippen molar-refractivity contribution in [1.29, 1.82) is 0 Å². The molecular formula is C14H15N5O2S. The van der Waals surface area contributed by atoms with Crippen LogP contribution in [0.5, 0.6) is 0 Å². The van der Waals surface area contributed by atoms with Crippen LogP contribution in [0.4, 0.5) is 0 Å². The molecule has 3 rings (SSSR count). The SMILES string of the molecule is Cc1sc(C(=O)NOCCN)nc1-c1cnn2ccccc12. The van der Waals surface area contributed by atoms with Crippen LogP contribution in [0.3, 0.4) is 0 Å². The first-order valence-corrected chi connectivity index (χ1v) is 7.54. The third kappa shape index (κ3) is 2.71. The van der Waals surface area contributed by atoms with Crippen molar-refractivity contribution in [1.82, 2.24) is 20.1 Å². The first-order chi connectivity index (χ1) is 10.7. The Morgan fingerprint density at radius 2 is 2.36 bits per heavy atom. The molecule has 3 heterocycles. The molecule has 0 aliphatic carbocycles. The van der Waals surface area contributed by atoms with E-state index in [9.17, 15) is 4.79 Å². The molecule has 0 aromatic carbocycles. The van der Waals surface area contributed by atoms with Crippen molar-refractivity contribution < 1.29 is 9.63 Å². The van der Waals surface area contributed by atoms with Crippen molar-refractivity contribution in [2.45, 2.75) is 6.92 Å². The first-order valence-electron chi connectivity index (χ1n) is 6.73. The predicted octanol–water partition coefficient (Wildman–Crippen LogP) is 1.39. The highest BCUT2D eigenvalue weighted by Crippen LogP contribution is 2.30. The largest absolute Gasteiger partial charge is 0.328 e. The number of carbonyl (C=O) groups excluding carboxylic acids is 1. The number of aryl methyl sites for hydroxylation is 1. The zero-order valence-corrected chi connectivity index (χ0v) is 12.8. The summed E-state index contributed by atoms with van der Waals surface area (Å²) in [5, 5.41) is 4.64. The fourth-order valence-corrected chi connectivity index (χ4v) is 2.89. The number of aromatic nitrogens is 3. The zero-order chi connectivity index (χ0) is 15.5. The van der Waals surface area contributed by atoms with Crippen molar-refractivity contribution in [2.75, 3.05) is 13.2 Å². The third-order valence-electron chi connectivity index (χ3n) is 3.06. The lowest BCUT2D eigenvalue weighted by atomic mass is 10.2. The standard InChI is InChI=1S/C14H15N5O2S/c1-9-12(10-8-16-19-6-3-2-4-11(10)19)17-14(22-9)13(20)18-21-7-5-15/h2-4,6,8H,5,7,15H2,1H3,(H,18,20). The number of hydrogen-bond acceptors (Lipinski definition) is 6. The number of rotatable bonds is 5. The van der Waals surface area contributed by atoms with Gasteiger partial charge in [0, 0.05) is 23.2 Å². The van der Waals surface area contributed by atoms with Crippen LogP contribution in [0.1, 0.15) is 14.7 Å². The van der Waals surface area contributed by atoms with Crippen molar-refractivity contribution in [3.05, 3.63) is 40.5 Å². The van der Waals surface area contributed by atoms with Gasteiger partial charge < -0.3 is 5.73 Å². The van der Waals surface area contributed by atoms with Crippen molar-refractivity contribution in [3.8, 4) is 11.3 Å². The number of nitrogens with two attached hydrogens (primary N) is 1. The Labute approximate surface area is 130 Å². The Bertz CT molecular complexity index is 811. The fraction of sp³-hybridized carbons (Fsp3) is 0.214. The first kappa shape index (κ1) is 14.6. The molecular weight excluding hydrogens is 302 g/mol. The van der Waals surface area contributed by atoms with Gasteiger partial charge in [0.25, 0.3) is 0 Å². The van der Waals surface area contributed by atoms with Gasteiger partial charge in [0.2, 0.25) is 0 Å². The van der Waals surface area contributed by atoms with Crippen LogP contribution in [0.25, 0.3) is 16.8 Å². The predicted molar refractivity (Wildman–Crippen MR) is 83.5 cm³/mol. The number of amides is 1. The zero-order valence-electron chi connectivity index (χ0n) is 11.9. The van der Waals surface area contributed by atoms with E-state index in [-0.39, 0.29) is 12.5 Å². The second-order valence-electron chi connectivity index (χ2n) is 4.58. The van der Waals surface area contributed by atoms with Crippen LogP contribution < -0.4 is 11.2 Å². The average molecular weight is 317 g/mol. The summed E-state index contributed by atoms with van der Waals surface area (Å²) in [7, 11) is 0. The van der Waals surface area contributed by atoms with E-state index < -0.39 is 0 Å². The molecule has 0 aliphatic heterocycles. The molecule has 0 fully saturated rings. The molecule has 3 aromatic rings. The van der Waals surface area contributed by atoms with Crippen molar-refractivity contribution >= 4 is 22.8 Å². The molecule has 0 spiro atoms. The lowest BCUT2D eigenvalue weighted by molar-refractivity contribution is 0.0343. The maximum absolute atomic E-state index is 12.0. The maximum Gasteiger partial charge on any atom is 0.303 e. The number of nitrogens with one attached hydrogen (secondary N) is 1. The molecule has 1 amide bonds. The minimum atomic E-state index is -0.371. The Morgan fingerprint density at radius 3 is 3.18 bits per heavy atom. The summed E-state index contributed by atoms with van der Waals surface area (Å²) in [5.74, 6) is -0.371. The Hall–Kier alpha value is -2.29. The van der Waals surface area contributed by atoms with Gasteiger partial charge >= 0.3 is 5.91 Å². The molecule has 114 valence electrons. The smallest absolute Gasteiger partial charge is 0.303 e. The summed E-state index contributed by atoms with van der Waals surface area (Å²) in [4.78, 5) is 22.3. The normalized spacial score (nSPS) is 11.0. The van der Waals surface area contributed by atoms with E-state index in [4.69, 9.17) is 10.6 Å². The molecule has 0 unspecified atom stereocenters. The van der Waals surface area contributed by atoms with Crippen LogP contribution in [0.15, 0.2) is 30.6 Å². The molecule has 22 heavy (non-hydrogen) atoms. The molecule has 0 saturated carbocycles. The van der Waals surface area contributed by atoms with E-state index in [2.05, 4.69) is 15.6 Å². The Morgan fingerprint density at radius 1 is 1.50 bits per heavy atom. The molecule has 0 atom stereocenters. The summed E-state index contributed by atoms with van der Waals surface area (Å²) in [6.07, 6.45) is 3.62. The fourth-order valence-electron chi connectivity index (χ4n) is 2.08. The molecule has 7 nitrogen and oxygen atoms in total. The number of thiazole rings is 1. The van der Waals surface area contributed by atoms with Crippen molar-refractivity contribution in [2.24, 2.45) is 5.73 Å². The Balaban J connectivity index is 1.91. The quantitative estimate of drug-likeness (QED) is 0.548. The van der Waals surface area contributed by atoms with Gasteiger partial charge in [-0.2, -0.15) is 5.10 Å². The molecule has 3 N–H and O–H groups in total. The maximum atomic E-state index is 12.0. The number of pyridine rings is 1. The molecule has 0 saturated heterocycles. The van der Waals surface area contributed by atoms with Gasteiger partial charge in [-0.05, 0) is 19.1 Å². The highest BCUT2D eigenvalue weighted by molar-refractivity contribution is 7.14. The van der Waals surface area contributed by atoms with E-state index in [1.165, 1.54) is 11.3 Å². The summed E-state index contributed by atoms with van der Waals surface area (Å²) in [5.41, 5.74) is 10.2. The average Bonchev–Trinajstić information content (AvgIpc) is 3.10. The number of nitrogens with zero attached hydrogens (tertiary/aromatic N) is 3. The molecule has 0 aliphatic rings. The van der Waals surface area contributed by atoms with E-state index in [1.807, 2.05) is 31.3 Å². The third-order valence-corrected chi connectivity index (χ3v) is 4.03. The van der Waals surface area contributed by atoms with Gasteiger partial charge in [0.05, 0.1) is 24.0 Å². The van der Waals surface area contributed by atoms with E-state index >= 15 is 0 Å². The second-order valence-corrected chi connectivity index (χ2v) is 5.78. The molecule has 0 radical (unpaired) electrons. The highest BCUT2D eigenvalue weighted by Gasteiger charge is 2.18. The van der Waals surface area contributed by atoms with Crippen LogP contribution in [-0.4, -0.2) is 33.7 Å². The number of hydroxylamine groups is 1. The minimum Gasteiger partial charge on any atom is -0.328 e. The van der Waals surface area contributed by atoms with Gasteiger partial charge in [-0.25, -0.2) is 15.0 Å².